The van der Waals surface area contributed by atoms with Crippen LogP contribution in [0.15, 0.2) is 53.7 Å². The van der Waals surface area contributed by atoms with Gasteiger partial charge in [0.15, 0.2) is 5.16 Å². The van der Waals surface area contributed by atoms with Crippen LogP contribution in [0.3, 0.4) is 0 Å². The van der Waals surface area contributed by atoms with Gasteiger partial charge in [0.2, 0.25) is 0 Å². The first-order valence-electron chi connectivity index (χ1n) is 7.46. The zero-order valence-corrected chi connectivity index (χ0v) is 14.1. The van der Waals surface area contributed by atoms with Crippen LogP contribution in [0, 0.1) is 19.7 Å². The Labute approximate surface area is 139 Å². The molecule has 0 spiro atoms. The molecule has 0 bridgehead atoms. The summed E-state index contributed by atoms with van der Waals surface area (Å²) < 4.78 is 15.1. The summed E-state index contributed by atoms with van der Waals surface area (Å²) >= 11 is 1.62. The third-order valence-electron chi connectivity index (χ3n) is 3.68. The average Bonchev–Trinajstić information content (AvgIpc) is 2.88. The second-order valence-corrected chi connectivity index (χ2v) is 6.82. The van der Waals surface area contributed by atoms with Crippen LogP contribution < -0.4 is 0 Å². The Morgan fingerprint density at radius 2 is 1.78 bits per heavy atom. The largest absolute Gasteiger partial charge is 0.274 e. The molecular formula is C18H18FN3S. The summed E-state index contributed by atoms with van der Waals surface area (Å²) in [4.78, 5) is 0. The topological polar surface area (TPSA) is 30.7 Å². The van der Waals surface area contributed by atoms with Crippen molar-refractivity contribution in [2.75, 3.05) is 0 Å². The zero-order chi connectivity index (χ0) is 16.4. The van der Waals surface area contributed by atoms with Gasteiger partial charge in [0.05, 0.1) is 0 Å². The fraction of sp³-hybridized carbons (Fsp3) is 0.222. The monoisotopic (exact) mass is 327 g/mol. The molecule has 0 unspecified atom stereocenters. The number of hydrogen-bond donors (Lipinski definition) is 0. The summed E-state index contributed by atoms with van der Waals surface area (Å²) in [5.41, 5.74) is 3.31. The smallest absolute Gasteiger partial charge is 0.196 e. The maximum Gasteiger partial charge on any atom is 0.196 e. The standard InChI is InChI=1S/C18H18FN3S/c1-12-5-4-6-17(11-12)22-14(3)20-21-18(22)23-13(2)15-7-9-16(19)10-8-15/h4-11,13H,1-3H3/t13-/m1/s1. The van der Waals surface area contributed by atoms with E-state index in [1.807, 2.05) is 25.1 Å². The van der Waals surface area contributed by atoms with E-state index in [-0.39, 0.29) is 11.1 Å². The molecule has 5 heteroatoms. The van der Waals surface area contributed by atoms with Gasteiger partial charge in [0.1, 0.15) is 11.6 Å². The van der Waals surface area contributed by atoms with E-state index >= 15 is 0 Å². The molecule has 3 aromatic rings. The van der Waals surface area contributed by atoms with Crippen molar-refractivity contribution in [3.05, 3.63) is 71.3 Å². The summed E-state index contributed by atoms with van der Waals surface area (Å²) in [5, 5.41) is 9.52. The highest BCUT2D eigenvalue weighted by Gasteiger charge is 2.16. The van der Waals surface area contributed by atoms with Gasteiger partial charge in [-0.05, 0) is 56.2 Å². The molecule has 0 fully saturated rings. The van der Waals surface area contributed by atoms with E-state index in [1.54, 1.807) is 11.8 Å². The molecule has 0 aliphatic carbocycles. The van der Waals surface area contributed by atoms with Crippen LogP contribution in [0.1, 0.15) is 29.1 Å². The van der Waals surface area contributed by atoms with Gasteiger partial charge in [-0.3, -0.25) is 4.57 Å². The SMILES string of the molecule is Cc1cccc(-n2c(C)nnc2S[C@H](C)c2ccc(F)cc2)c1. The molecule has 0 radical (unpaired) electrons. The predicted molar refractivity (Wildman–Crippen MR) is 91.5 cm³/mol. The van der Waals surface area contributed by atoms with Crippen molar-refractivity contribution < 1.29 is 4.39 Å². The summed E-state index contributed by atoms with van der Waals surface area (Å²) in [6.45, 7) is 6.10. The number of rotatable bonds is 4. The first-order chi connectivity index (χ1) is 11.0. The molecule has 3 nitrogen and oxygen atoms in total. The van der Waals surface area contributed by atoms with E-state index in [9.17, 15) is 4.39 Å². The van der Waals surface area contributed by atoms with E-state index in [4.69, 9.17) is 0 Å². The molecule has 1 atom stereocenters. The molecule has 0 aliphatic rings. The van der Waals surface area contributed by atoms with Crippen LogP contribution in [0.2, 0.25) is 0 Å². The molecule has 3 rings (SSSR count). The van der Waals surface area contributed by atoms with Gasteiger partial charge in [-0.15, -0.1) is 10.2 Å². The molecule has 0 saturated carbocycles. The van der Waals surface area contributed by atoms with Crippen molar-refractivity contribution >= 4 is 11.8 Å². The summed E-state index contributed by atoms with van der Waals surface area (Å²) in [6.07, 6.45) is 0. The Morgan fingerprint density at radius 3 is 2.48 bits per heavy atom. The van der Waals surface area contributed by atoms with Crippen LogP contribution >= 0.6 is 11.8 Å². The van der Waals surface area contributed by atoms with Gasteiger partial charge in [-0.1, -0.05) is 36.0 Å². The van der Waals surface area contributed by atoms with Crippen molar-refractivity contribution in [3.63, 3.8) is 0 Å². The number of aromatic nitrogens is 3. The van der Waals surface area contributed by atoms with Crippen LogP contribution in [0.25, 0.3) is 5.69 Å². The highest BCUT2D eigenvalue weighted by molar-refractivity contribution is 7.99. The quantitative estimate of drug-likeness (QED) is 0.640. The molecule has 0 saturated heterocycles. The first-order valence-corrected chi connectivity index (χ1v) is 8.34. The molecule has 23 heavy (non-hydrogen) atoms. The van der Waals surface area contributed by atoms with Crippen molar-refractivity contribution in [2.24, 2.45) is 0 Å². The number of thioether (sulfide) groups is 1. The van der Waals surface area contributed by atoms with Crippen LogP contribution in [0.4, 0.5) is 4.39 Å². The summed E-state index contributed by atoms with van der Waals surface area (Å²) in [5.74, 6) is 0.633. The molecule has 0 N–H and O–H groups in total. The molecular weight excluding hydrogens is 309 g/mol. The lowest BCUT2D eigenvalue weighted by Crippen LogP contribution is -2.00. The van der Waals surface area contributed by atoms with Crippen LogP contribution in [-0.2, 0) is 0 Å². The van der Waals surface area contributed by atoms with Gasteiger partial charge in [-0.2, -0.15) is 0 Å². The number of halogens is 1. The van der Waals surface area contributed by atoms with Crippen LogP contribution in [0.5, 0.6) is 0 Å². The Kier molecular flexibility index (Phi) is 4.48. The highest BCUT2D eigenvalue weighted by atomic mass is 32.2. The Bertz CT molecular complexity index is 811. The third kappa shape index (κ3) is 3.45. The van der Waals surface area contributed by atoms with Crippen molar-refractivity contribution in [3.8, 4) is 5.69 Å². The van der Waals surface area contributed by atoms with Gasteiger partial charge in [0.25, 0.3) is 0 Å². The molecule has 1 heterocycles. The van der Waals surface area contributed by atoms with Crippen molar-refractivity contribution in [2.45, 2.75) is 31.2 Å². The second-order valence-electron chi connectivity index (χ2n) is 5.52. The lowest BCUT2D eigenvalue weighted by atomic mass is 10.2. The fourth-order valence-corrected chi connectivity index (χ4v) is 3.48. The zero-order valence-electron chi connectivity index (χ0n) is 13.3. The van der Waals surface area contributed by atoms with Crippen molar-refractivity contribution in [1.29, 1.82) is 0 Å². The molecule has 2 aromatic carbocycles. The minimum atomic E-state index is -0.218. The maximum absolute atomic E-state index is 13.1. The lowest BCUT2D eigenvalue weighted by Gasteiger charge is -2.13. The van der Waals surface area contributed by atoms with E-state index in [0.717, 1.165) is 22.2 Å². The van der Waals surface area contributed by atoms with Gasteiger partial charge in [0, 0.05) is 10.9 Å². The number of benzene rings is 2. The summed E-state index contributed by atoms with van der Waals surface area (Å²) in [6, 6.07) is 14.9. The minimum absolute atomic E-state index is 0.155. The van der Waals surface area contributed by atoms with Gasteiger partial charge < -0.3 is 0 Å². The lowest BCUT2D eigenvalue weighted by molar-refractivity contribution is 0.627. The first kappa shape index (κ1) is 15.7. The normalized spacial score (nSPS) is 12.3. The number of aryl methyl sites for hydroxylation is 2. The minimum Gasteiger partial charge on any atom is -0.274 e. The molecule has 118 valence electrons. The summed E-state index contributed by atoms with van der Waals surface area (Å²) in [7, 11) is 0. The van der Waals surface area contributed by atoms with E-state index < -0.39 is 0 Å². The Hall–Kier alpha value is -2.14. The van der Waals surface area contributed by atoms with Gasteiger partial charge >= 0.3 is 0 Å². The Morgan fingerprint density at radius 1 is 1.04 bits per heavy atom. The highest BCUT2D eigenvalue weighted by Crippen LogP contribution is 2.35. The molecule has 0 amide bonds. The van der Waals surface area contributed by atoms with E-state index in [0.29, 0.717) is 0 Å². The van der Waals surface area contributed by atoms with Crippen molar-refractivity contribution in [1.82, 2.24) is 14.8 Å². The predicted octanol–water partition coefficient (Wildman–Crippen LogP) is 4.88. The van der Waals surface area contributed by atoms with Gasteiger partial charge in [-0.25, -0.2) is 4.39 Å². The fourth-order valence-electron chi connectivity index (χ4n) is 2.44. The number of nitrogens with zero attached hydrogens (tertiary/aromatic N) is 3. The molecule has 0 aliphatic heterocycles. The van der Waals surface area contributed by atoms with Crippen LogP contribution in [-0.4, -0.2) is 14.8 Å². The van der Waals surface area contributed by atoms with E-state index in [2.05, 4.69) is 46.8 Å². The maximum atomic E-state index is 13.1. The Balaban J connectivity index is 1.91. The second kappa shape index (κ2) is 6.54. The number of hydrogen-bond acceptors (Lipinski definition) is 3. The average molecular weight is 327 g/mol. The van der Waals surface area contributed by atoms with E-state index in [1.165, 1.54) is 17.7 Å². The molecule has 1 aromatic heterocycles. The third-order valence-corrected chi connectivity index (χ3v) is 4.78.